The fraction of sp³-hybridized carbons (Fsp3) is 0.667. The van der Waals surface area contributed by atoms with E-state index in [-0.39, 0.29) is 12.1 Å². The second-order valence-electron chi connectivity index (χ2n) is 8.22. The second kappa shape index (κ2) is 9.26. The van der Waals surface area contributed by atoms with Crippen molar-refractivity contribution in [1.82, 2.24) is 10.6 Å². The van der Waals surface area contributed by atoms with Crippen LogP contribution in [-0.2, 0) is 12.4 Å². The van der Waals surface area contributed by atoms with Gasteiger partial charge in [-0.25, -0.2) is 0 Å². The first-order chi connectivity index (χ1) is 14.5. The number of hydrogen-bond acceptors (Lipinski definition) is 3. The molecule has 2 fully saturated rings. The van der Waals surface area contributed by atoms with E-state index < -0.39 is 46.7 Å². The molecule has 2 N–H and O–H groups in total. The molecule has 0 radical (unpaired) electrons. The zero-order chi connectivity index (χ0) is 22.8. The van der Waals surface area contributed by atoms with E-state index in [1.165, 1.54) is 0 Å². The highest BCUT2D eigenvalue weighted by molar-refractivity contribution is 5.99. The Hall–Kier alpha value is -1.97. The third-order valence-corrected chi connectivity index (χ3v) is 6.07. The molecule has 2 saturated carbocycles. The van der Waals surface area contributed by atoms with Crippen LogP contribution in [0.5, 0.6) is 5.75 Å². The first-order valence-corrected chi connectivity index (χ1v) is 10.4. The van der Waals surface area contributed by atoms with E-state index in [1.54, 1.807) is 0 Å². The van der Waals surface area contributed by atoms with Gasteiger partial charge in [0.05, 0.1) is 23.8 Å². The minimum atomic E-state index is -5.16. The number of benzene rings is 1. The number of methoxy groups -OCH3 is 1. The van der Waals surface area contributed by atoms with Crippen molar-refractivity contribution in [3.63, 3.8) is 0 Å². The molecule has 2 aliphatic carbocycles. The molecule has 0 aromatic heterocycles. The number of amides is 1. The highest BCUT2D eigenvalue weighted by Gasteiger charge is 2.42. The lowest BCUT2D eigenvalue weighted by molar-refractivity contribution is -0.143. The molecule has 1 amide bonds. The number of halogens is 6. The number of carbonyl (C=O) groups excluding carboxylic acids is 1. The number of carbonyl (C=O) groups is 1. The summed E-state index contributed by atoms with van der Waals surface area (Å²) < 4.78 is 84.9. The third kappa shape index (κ3) is 5.64. The normalized spacial score (nSPS) is 23.1. The maximum Gasteiger partial charge on any atom is 0.417 e. The van der Waals surface area contributed by atoms with Crippen LogP contribution in [0.3, 0.4) is 0 Å². The minimum Gasteiger partial charge on any atom is -0.496 e. The highest BCUT2D eigenvalue weighted by Crippen LogP contribution is 2.41. The molecule has 2 atom stereocenters. The standard InChI is InChI=1S/C21H26F6N2O2/c1-31-17-11-12(20(22,23)24)10-14(21(25,26)27)18(17)19(30)29-16-9-5-4-8-15(16)28-13-6-2-3-7-13/h10-11,13,15-16,28H,2-9H2,1H3,(H,29,30)/t15-,16+/m0/s1. The van der Waals surface area contributed by atoms with Crippen molar-refractivity contribution in [2.45, 2.75) is 81.8 Å². The maximum absolute atomic E-state index is 13.6. The van der Waals surface area contributed by atoms with Gasteiger partial charge in [-0.1, -0.05) is 25.7 Å². The fourth-order valence-electron chi connectivity index (χ4n) is 4.54. The van der Waals surface area contributed by atoms with Crippen molar-refractivity contribution in [3.05, 3.63) is 28.8 Å². The Balaban J connectivity index is 1.90. The van der Waals surface area contributed by atoms with Crippen molar-refractivity contribution in [2.75, 3.05) is 7.11 Å². The van der Waals surface area contributed by atoms with E-state index >= 15 is 0 Å². The van der Waals surface area contributed by atoms with Crippen LogP contribution in [0.4, 0.5) is 26.3 Å². The molecule has 1 aromatic carbocycles. The fourth-order valence-corrected chi connectivity index (χ4v) is 4.54. The van der Waals surface area contributed by atoms with E-state index in [1.807, 2.05) is 0 Å². The lowest BCUT2D eigenvalue weighted by atomic mass is 9.89. The summed E-state index contributed by atoms with van der Waals surface area (Å²) in [6.07, 6.45) is -2.81. The van der Waals surface area contributed by atoms with Gasteiger partial charge in [-0.15, -0.1) is 0 Å². The molecular formula is C21H26F6N2O2. The van der Waals surface area contributed by atoms with Crippen LogP contribution in [0.1, 0.15) is 72.9 Å². The van der Waals surface area contributed by atoms with Crippen LogP contribution in [-0.4, -0.2) is 31.1 Å². The highest BCUT2D eigenvalue weighted by atomic mass is 19.4. The smallest absolute Gasteiger partial charge is 0.417 e. The topological polar surface area (TPSA) is 50.4 Å². The van der Waals surface area contributed by atoms with Crippen molar-refractivity contribution < 1.29 is 35.9 Å². The molecule has 0 bridgehead atoms. The molecule has 174 valence electrons. The number of nitrogens with one attached hydrogen (secondary N) is 2. The van der Waals surface area contributed by atoms with Gasteiger partial charge in [0.2, 0.25) is 0 Å². The Morgan fingerprint density at radius 2 is 1.48 bits per heavy atom. The van der Waals surface area contributed by atoms with E-state index in [2.05, 4.69) is 10.6 Å². The summed E-state index contributed by atoms with van der Waals surface area (Å²) in [5.41, 5.74) is -4.10. The second-order valence-corrected chi connectivity index (χ2v) is 8.22. The quantitative estimate of drug-likeness (QED) is 0.596. The zero-order valence-electron chi connectivity index (χ0n) is 17.1. The lowest BCUT2D eigenvalue weighted by Gasteiger charge is -2.35. The molecule has 0 saturated heterocycles. The first kappa shape index (κ1) is 23.7. The van der Waals surface area contributed by atoms with Crippen molar-refractivity contribution >= 4 is 5.91 Å². The summed E-state index contributed by atoms with van der Waals surface area (Å²) >= 11 is 0. The Kier molecular flexibility index (Phi) is 7.08. The molecular weight excluding hydrogens is 426 g/mol. The Morgan fingerprint density at radius 1 is 0.903 bits per heavy atom. The molecule has 4 nitrogen and oxygen atoms in total. The number of hydrogen-bond donors (Lipinski definition) is 2. The molecule has 0 aliphatic heterocycles. The monoisotopic (exact) mass is 452 g/mol. The van der Waals surface area contributed by atoms with Crippen LogP contribution in [0.2, 0.25) is 0 Å². The van der Waals surface area contributed by atoms with Gasteiger partial charge in [0.1, 0.15) is 5.75 Å². The summed E-state index contributed by atoms with van der Waals surface area (Å²) in [6.45, 7) is 0. The Labute approximate surface area is 176 Å². The van der Waals surface area contributed by atoms with Crippen LogP contribution in [0.15, 0.2) is 12.1 Å². The van der Waals surface area contributed by atoms with Crippen molar-refractivity contribution in [2.24, 2.45) is 0 Å². The van der Waals surface area contributed by atoms with E-state index in [9.17, 15) is 31.1 Å². The summed E-state index contributed by atoms with van der Waals surface area (Å²) in [4.78, 5) is 12.9. The predicted molar refractivity (Wildman–Crippen MR) is 102 cm³/mol. The van der Waals surface area contributed by atoms with Gasteiger partial charge in [-0.2, -0.15) is 26.3 Å². The van der Waals surface area contributed by atoms with Crippen LogP contribution in [0, 0.1) is 0 Å². The van der Waals surface area contributed by atoms with Gasteiger partial charge in [0.25, 0.3) is 5.91 Å². The van der Waals surface area contributed by atoms with Crippen LogP contribution in [0.25, 0.3) is 0 Å². The third-order valence-electron chi connectivity index (χ3n) is 6.07. The van der Waals surface area contributed by atoms with Gasteiger partial charge in [-0.3, -0.25) is 4.79 Å². The summed E-state index contributed by atoms with van der Waals surface area (Å²) in [5.74, 6) is -1.83. The van der Waals surface area contributed by atoms with Crippen LogP contribution < -0.4 is 15.4 Å². The van der Waals surface area contributed by atoms with Gasteiger partial charge < -0.3 is 15.4 Å². The summed E-state index contributed by atoms with van der Waals surface area (Å²) in [5, 5.41) is 6.15. The van der Waals surface area contributed by atoms with Crippen molar-refractivity contribution in [1.29, 1.82) is 0 Å². The summed E-state index contributed by atoms with van der Waals surface area (Å²) in [7, 11) is 0.942. The van der Waals surface area contributed by atoms with Gasteiger partial charge >= 0.3 is 12.4 Å². The average molecular weight is 452 g/mol. The molecule has 10 heteroatoms. The predicted octanol–water partition coefficient (Wildman–Crippen LogP) is 5.31. The van der Waals surface area contributed by atoms with Crippen LogP contribution >= 0.6 is 0 Å². The SMILES string of the molecule is COc1cc(C(F)(F)F)cc(C(F)(F)F)c1C(=O)N[C@@H]1CCCC[C@@H]1NC1CCCC1. The lowest BCUT2D eigenvalue weighted by Crippen LogP contribution is -2.54. The zero-order valence-corrected chi connectivity index (χ0v) is 17.1. The summed E-state index contributed by atoms with van der Waals surface area (Å²) in [6, 6.07) is 0.214. The molecule has 0 spiro atoms. The largest absolute Gasteiger partial charge is 0.496 e. The van der Waals surface area contributed by atoms with Gasteiger partial charge in [0.15, 0.2) is 0 Å². The van der Waals surface area contributed by atoms with E-state index in [0.717, 1.165) is 52.1 Å². The average Bonchev–Trinajstić information content (AvgIpc) is 3.20. The van der Waals surface area contributed by atoms with E-state index in [4.69, 9.17) is 4.74 Å². The Morgan fingerprint density at radius 3 is 2.03 bits per heavy atom. The maximum atomic E-state index is 13.6. The minimum absolute atomic E-state index is 0.0352. The number of ether oxygens (including phenoxy) is 1. The molecule has 3 rings (SSSR count). The molecule has 0 heterocycles. The van der Waals surface area contributed by atoms with E-state index in [0.29, 0.717) is 18.5 Å². The van der Waals surface area contributed by atoms with Gasteiger partial charge in [0, 0.05) is 18.1 Å². The molecule has 2 aliphatic rings. The number of rotatable bonds is 5. The molecule has 0 unspecified atom stereocenters. The molecule has 31 heavy (non-hydrogen) atoms. The van der Waals surface area contributed by atoms with Crippen molar-refractivity contribution in [3.8, 4) is 5.75 Å². The number of alkyl halides is 6. The first-order valence-electron chi connectivity index (χ1n) is 10.4. The van der Waals surface area contributed by atoms with Gasteiger partial charge in [-0.05, 0) is 37.8 Å². The Bertz CT molecular complexity index is 787. The molecule has 1 aromatic rings.